The van der Waals surface area contributed by atoms with Gasteiger partial charge in [0.2, 0.25) is 5.91 Å². The van der Waals surface area contributed by atoms with Crippen molar-refractivity contribution in [3.05, 3.63) is 0 Å². The van der Waals surface area contributed by atoms with Crippen LogP contribution in [0.4, 0.5) is 0 Å². The van der Waals surface area contributed by atoms with E-state index >= 15 is 0 Å². The Morgan fingerprint density at radius 3 is 2.44 bits per heavy atom. The van der Waals surface area contributed by atoms with Gasteiger partial charge in [0.25, 0.3) is 0 Å². The molecule has 7 unspecified atom stereocenters. The number of nitrogens with zero attached hydrogens (tertiary/aromatic N) is 1. The molecule has 0 spiro atoms. The summed E-state index contributed by atoms with van der Waals surface area (Å²) in [5, 5.41) is 19.1. The molecule has 2 bridgehead atoms. The number of likely N-dealkylation sites (tertiary alicyclic amines) is 1. The van der Waals surface area contributed by atoms with Gasteiger partial charge in [0.05, 0.1) is 24.0 Å². The molecular weight excluding hydrogens is 234 g/mol. The molecule has 2 N–H and O–H groups in total. The van der Waals surface area contributed by atoms with Gasteiger partial charge in [0.15, 0.2) is 0 Å². The molecule has 0 aromatic carbocycles. The number of aliphatic hydroxyl groups excluding tert-OH is 1. The molecule has 1 amide bonds. The van der Waals surface area contributed by atoms with Crippen LogP contribution in [0.25, 0.3) is 0 Å². The normalized spacial score (nSPS) is 51.8. The quantitative estimate of drug-likeness (QED) is 0.720. The van der Waals surface area contributed by atoms with E-state index in [9.17, 15) is 14.7 Å². The first-order valence-electron chi connectivity index (χ1n) is 6.79. The van der Waals surface area contributed by atoms with Gasteiger partial charge in [-0.2, -0.15) is 0 Å². The van der Waals surface area contributed by atoms with E-state index < -0.39 is 11.9 Å². The average molecular weight is 251 g/mol. The van der Waals surface area contributed by atoms with Crippen molar-refractivity contribution in [3.63, 3.8) is 0 Å². The number of rotatable bonds is 2. The standard InChI is InChI=1S/C13H17NO4/c15-11-5-1-6-4-14(10(11)7(6)2-5)12(16)8-3-9(8)13(17)18/h5-11,15H,1-4H2,(H,17,18). The second-order valence-corrected chi connectivity index (χ2v) is 6.41. The summed E-state index contributed by atoms with van der Waals surface area (Å²) in [5.74, 6) is -0.305. The molecule has 98 valence electrons. The Hall–Kier alpha value is -1.10. The molecule has 1 aliphatic heterocycles. The Morgan fingerprint density at radius 2 is 1.83 bits per heavy atom. The monoisotopic (exact) mass is 251 g/mol. The number of fused-ring (bicyclic) bond motifs is 1. The molecule has 0 aromatic heterocycles. The van der Waals surface area contributed by atoms with Gasteiger partial charge in [-0.05, 0) is 37.0 Å². The van der Waals surface area contributed by atoms with Gasteiger partial charge in [-0.1, -0.05) is 0 Å². The third kappa shape index (κ3) is 1.20. The summed E-state index contributed by atoms with van der Waals surface area (Å²) in [6.07, 6.45) is 2.19. The van der Waals surface area contributed by atoms with Gasteiger partial charge in [0, 0.05) is 6.54 Å². The number of aliphatic hydroxyl groups is 1. The van der Waals surface area contributed by atoms with Crippen LogP contribution in [-0.4, -0.2) is 45.7 Å². The number of carboxylic acid groups (broad SMARTS) is 1. The summed E-state index contributed by atoms with van der Waals surface area (Å²) in [7, 11) is 0. The highest BCUT2D eigenvalue weighted by Crippen LogP contribution is 2.56. The molecule has 4 fully saturated rings. The second kappa shape index (κ2) is 3.26. The van der Waals surface area contributed by atoms with E-state index in [1.54, 1.807) is 4.90 Å². The van der Waals surface area contributed by atoms with E-state index in [0.717, 1.165) is 19.4 Å². The topological polar surface area (TPSA) is 77.8 Å². The summed E-state index contributed by atoms with van der Waals surface area (Å²) >= 11 is 0. The van der Waals surface area contributed by atoms with Crippen LogP contribution in [0.1, 0.15) is 19.3 Å². The molecule has 1 saturated heterocycles. The molecular formula is C13H17NO4. The summed E-state index contributed by atoms with van der Waals surface area (Å²) in [6, 6.07) is -0.0173. The van der Waals surface area contributed by atoms with Crippen LogP contribution >= 0.6 is 0 Å². The minimum absolute atomic E-state index is 0.0173. The van der Waals surface area contributed by atoms with Crippen molar-refractivity contribution >= 4 is 11.9 Å². The number of amides is 1. The Kier molecular flexibility index (Phi) is 1.95. The highest BCUT2D eigenvalue weighted by Gasteiger charge is 2.62. The lowest BCUT2D eigenvalue weighted by Gasteiger charge is -2.29. The molecule has 5 heteroatoms. The summed E-state index contributed by atoms with van der Waals surface area (Å²) in [4.78, 5) is 25.0. The molecule has 1 heterocycles. The molecule has 5 nitrogen and oxygen atoms in total. The van der Waals surface area contributed by atoms with Gasteiger partial charge in [-0.25, -0.2) is 0 Å². The first-order valence-corrected chi connectivity index (χ1v) is 6.79. The van der Waals surface area contributed by atoms with Crippen LogP contribution in [0.5, 0.6) is 0 Å². The van der Waals surface area contributed by atoms with Crippen molar-refractivity contribution in [2.75, 3.05) is 6.54 Å². The summed E-state index contributed by atoms with van der Waals surface area (Å²) < 4.78 is 0. The summed E-state index contributed by atoms with van der Waals surface area (Å²) in [5.41, 5.74) is 0. The van der Waals surface area contributed by atoms with Gasteiger partial charge in [0.1, 0.15) is 0 Å². The highest BCUT2D eigenvalue weighted by molar-refractivity contribution is 5.90. The van der Waals surface area contributed by atoms with Gasteiger partial charge >= 0.3 is 5.97 Å². The van der Waals surface area contributed by atoms with Crippen LogP contribution in [0.3, 0.4) is 0 Å². The fraction of sp³-hybridized carbons (Fsp3) is 0.846. The Morgan fingerprint density at radius 1 is 1.06 bits per heavy atom. The first kappa shape index (κ1) is 10.8. The van der Waals surface area contributed by atoms with E-state index in [1.165, 1.54) is 0 Å². The number of carbonyl (C=O) groups is 2. The molecule has 3 aliphatic carbocycles. The third-order valence-electron chi connectivity index (χ3n) is 5.56. The van der Waals surface area contributed by atoms with E-state index in [2.05, 4.69) is 0 Å². The van der Waals surface area contributed by atoms with Crippen LogP contribution in [0, 0.1) is 29.6 Å². The zero-order valence-corrected chi connectivity index (χ0v) is 10.0. The number of carboxylic acids is 1. The molecule has 7 atom stereocenters. The minimum atomic E-state index is -0.861. The van der Waals surface area contributed by atoms with Crippen LogP contribution in [0.2, 0.25) is 0 Å². The Balaban J connectivity index is 1.53. The number of aliphatic carboxylic acids is 1. The highest BCUT2D eigenvalue weighted by atomic mass is 16.4. The van der Waals surface area contributed by atoms with Crippen molar-refractivity contribution < 1.29 is 19.8 Å². The predicted molar refractivity (Wildman–Crippen MR) is 60.4 cm³/mol. The molecule has 18 heavy (non-hydrogen) atoms. The zero-order valence-electron chi connectivity index (χ0n) is 10.0. The second-order valence-electron chi connectivity index (χ2n) is 6.41. The predicted octanol–water partition coefficient (Wildman–Crippen LogP) is -0.0652. The lowest BCUT2D eigenvalue weighted by atomic mass is 9.88. The average Bonchev–Trinajstić information content (AvgIpc) is 2.82. The number of hydrogen-bond donors (Lipinski definition) is 2. The van der Waals surface area contributed by atoms with Gasteiger partial charge in [-0.3, -0.25) is 9.59 Å². The van der Waals surface area contributed by atoms with Crippen LogP contribution in [0.15, 0.2) is 0 Å². The molecule has 4 rings (SSSR count). The van der Waals surface area contributed by atoms with E-state index in [-0.39, 0.29) is 24.0 Å². The fourth-order valence-electron chi connectivity index (χ4n) is 4.62. The van der Waals surface area contributed by atoms with Crippen LogP contribution in [-0.2, 0) is 9.59 Å². The fourth-order valence-corrected chi connectivity index (χ4v) is 4.62. The van der Waals surface area contributed by atoms with Crippen molar-refractivity contribution in [1.82, 2.24) is 4.90 Å². The van der Waals surface area contributed by atoms with Crippen molar-refractivity contribution in [2.45, 2.75) is 31.4 Å². The van der Waals surface area contributed by atoms with Crippen molar-refractivity contribution in [1.29, 1.82) is 0 Å². The largest absolute Gasteiger partial charge is 0.481 e. The molecule has 0 radical (unpaired) electrons. The van der Waals surface area contributed by atoms with Crippen molar-refractivity contribution in [2.24, 2.45) is 29.6 Å². The molecule has 3 saturated carbocycles. The SMILES string of the molecule is O=C(O)C1CC1C(=O)N1CC2CC3CC2C1C3O. The maximum Gasteiger partial charge on any atom is 0.307 e. The van der Waals surface area contributed by atoms with E-state index in [1.807, 2.05) is 0 Å². The van der Waals surface area contributed by atoms with Crippen molar-refractivity contribution in [3.8, 4) is 0 Å². The zero-order chi connectivity index (χ0) is 12.6. The lowest BCUT2D eigenvalue weighted by molar-refractivity contribution is -0.142. The van der Waals surface area contributed by atoms with Gasteiger partial charge < -0.3 is 15.1 Å². The summed E-state index contributed by atoms with van der Waals surface area (Å²) in [6.45, 7) is 0.741. The Bertz CT molecular complexity index is 435. The number of hydrogen-bond acceptors (Lipinski definition) is 3. The molecule has 4 aliphatic rings. The minimum Gasteiger partial charge on any atom is -0.481 e. The third-order valence-corrected chi connectivity index (χ3v) is 5.56. The lowest BCUT2D eigenvalue weighted by Crippen LogP contribution is -2.44. The number of carbonyl (C=O) groups excluding carboxylic acids is 1. The smallest absolute Gasteiger partial charge is 0.307 e. The maximum absolute atomic E-state index is 12.3. The van der Waals surface area contributed by atoms with E-state index in [4.69, 9.17) is 5.11 Å². The Labute approximate surface area is 105 Å². The maximum atomic E-state index is 12.3. The van der Waals surface area contributed by atoms with Crippen LogP contribution < -0.4 is 0 Å². The first-order chi connectivity index (χ1) is 8.58. The molecule has 0 aromatic rings. The van der Waals surface area contributed by atoms with Gasteiger partial charge in [-0.15, -0.1) is 0 Å². The van der Waals surface area contributed by atoms with E-state index in [0.29, 0.717) is 24.2 Å².